The number of nitrogens with zero attached hydrogens (tertiary/aromatic N) is 2. The van der Waals surface area contributed by atoms with Gasteiger partial charge in [-0.15, -0.1) is 11.3 Å². The van der Waals surface area contributed by atoms with Crippen LogP contribution in [0.4, 0.5) is 0 Å². The van der Waals surface area contributed by atoms with Gasteiger partial charge in [-0.3, -0.25) is 4.98 Å². The summed E-state index contributed by atoms with van der Waals surface area (Å²) in [5.41, 5.74) is 1.20. The molecule has 2 aromatic rings. The number of thiophene rings is 1. The van der Waals surface area contributed by atoms with Crippen molar-refractivity contribution in [1.82, 2.24) is 9.97 Å². The minimum atomic E-state index is -0.814. The number of aliphatic hydroxyl groups excluding tert-OH is 1. The molecule has 1 unspecified atom stereocenters. The number of halogens is 1. The van der Waals surface area contributed by atoms with Gasteiger partial charge in [0.2, 0.25) is 5.88 Å². The summed E-state index contributed by atoms with van der Waals surface area (Å²) >= 11 is 4.86. The van der Waals surface area contributed by atoms with Crippen molar-refractivity contribution in [3.8, 4) is 5.88 Å². The quantitative estimate of drug-likeness (QED) is 0.946. The lowest BCUT2D eigenvalue weighted by atomic mass is 10.1. The van der Waals surface area contributed by atoms with Crippen molar-refractivity contribution in [3.63, 3.8) is 0 Å². The largest absolute Gasteiger partial charge is 0.480 e. The van der Waals surface area contributed by atoms with E-state index >= 15 is 0 Å². The summed E-state index contributed by atoms with van der Waals surface area (Å²) in [5, 5.41) is 12.0. The minimum absolute atomic E-state index is 0.345. The molecule has 0 aromatic carbocycles. The van der Waals surface area contributed by atoms with Gasteiger partial charge in [-0.05, 0) is 32.9 Å². The van der Waals surface area contributed by atoms with Crippen LogP contribution in [0.15, 0.2) is 27.6 Å². The maximum absolute atomic E-state index is 10.1. The second-order valence-electron chi connectivity index (χ2n) is 3.04. The molecule has 0 aliphatic carbocycles. The van der Waals surface area contributed by atoms with Crippen LogP contribution in [-0.2, 0) is 0 Å². The van der Waals surface area contributed by atoms with Gasteiger partial charge >= 0.3 is 0 Å². The zero-order valence-electron chi connectivity index (χ0n) is 8.42. The van der Waals surface area contributed by atoms with Crippen LogP contribution in [0, 0.1) is 0 Å². The fourth-order valence-corrected chi connectivity index (χ4v) is 2.50. The first-order valence-corrected chi connectivity index (χ1v) is 6.16. The van der Waals surface area contributed by atoms with E-state index in [2.05, 4.69) is 25.9 Å². The van der Waals surface area contributed by atoms with Crippen LogP contribution in [0.1, 0.15) is 17.4 Å². The Balaban J connectivity index is 2.36. The van der Waals surface area contributed by atoms with E-state index < -0.39 is 6.10 Å². The predicted molar refractivity (Wildman–Crippen MR) is 64.7 cm³/mol. The van der Waals surface area contributed by atoms with Crippen LogP contribution in [0.25, 0.3) is 0 Å². The van der Waals surface area contributed by atoms with Crippen molar-refractivity contribution < 1.29 is 9.84 Å². The maximum atomic E-state index is 10.1. The molecule has 0 saturated heterocycles. The van der Waals surface area contributed by atoms with Crippen LogP contribution in [0.2, 0.25) is 0 Å². The van der Waals surface area contributed by atoms with Gasteiger partial charge in [-0.1, -0.05) is 0 Å². The lowest BCUT2D eigenvalue weighted by Crippen LogP contribution is -2.05. The van der Waals surface area contributed by atoms with E-state index in [0.29, 0.717) is 11.6 Å². The molecule has 2 heterocycles. The van der Waals surface area contributed by atoms with E-state index in [1.807, 2.05) is 11.4 Å². The number of rotatable bonds is 3. The Kier molecular flexibility index (Phi) is 3.52. The molecule has 1 atom stereocenters. The van der Waals surface area contributed by atoms with Crippen LogP contribution in [-0.4, -0.2) is 22.2 Å². The summed E-state index contributed by atoms with van der Waals surface area (Å²) in [6.07, 6.45) is 2.24. The summed E-state index contributed by atoms with van der Waals surface area (Å²) < 4.78 is 6.02. The van der Waals surface area contributed by atoms with E-state index in [-0.39, 0.29) is 0 Å². The number of hydrogen-bond acceptors (Lipinski definition) is 5. The van der Waals surface area contributed by atoms with Crippen molar-refractivity contribution in [2.24, 2.45) is 0 Å². The average Bonchev–Trinajstić information content (AvgIpc) is 2.75. The second-order valence-corrected chi connectivity index (χ2v) is 5.33. The molecule has 0 bridgehead atoms. The highest BCUT2D eigenvalue weighted by molar-refractivity contribution is 9.11. The standard InChI is InChI=1S/C10H9BrN2O2S/c1-15-10-8(12-2-3-13-10)9(14)6-4-7(11)16-5-6/h2-5,9,14H,1H3. The summed E-state index contributed by atoms with van der Waals surface area (Å²) in [6, 6.07) is 1.85. The van der Waals surface area contributed by atoms with Gasteiger partial charge in [0.25, 0.3) is 0 Å². The number of hydrogen-bond donors (Lipinski definition) is 1. The molecule has 2 rings (SSSR count). The fraction of sp³-hybridized carbons (Fsp3) is 0.200. The number of aliphatic hydroxyl groups is 1. The van der Waals surface area contributed by atoms with E-state index in [1.54, 1.807) is 0 Å². The van der Waals surface area contributed by atoms with Crippen molar-refractivity contribution in [3.05, 3.63) is 38.9 Å². The molecule has 2 aromatic heterocycles. The van der Waals surface area contributed by atoms with Crippen LogP contribution in [0.5, 0.6) is 5.88 Å². The first-order chi connectivity index (χ1) is 7.72. The number of ether oxygens (including phenoxy) is 1. The Hall–Kier alpha value is -0.980. The zero-order chi connectivity index (χ0) is 11.5. The van der Waals surface area contributed by atoms with Gasteiger partial charge in [-0.2, -0.15) is 0 Å². The summed E-state index contributed by atoms with van der Waals surface area (Å²) in [4.78, 5) is 8.08. The van der Waals surface area contributed by atoms with Gasteiger partial charge in [0.05, 0.1) is 10.9 Å². The molecule has 16 heavy (non-hydrogen) atoms. The minimum Gasteiger partial charge on any atom is -0.480 e. The van der Waals surface area contributed by atoms with Crippen molar-refractivity contribution in [2.75, 3.05) is 7.11 Å². The maximum Gasteiger partial charge on any atom is 0.238 e. The Morgan fingerprint density at radius 2 is 2.19 bits per heavy atom. The third-order valence-electron chi connectivity index (χ3n) is 2.05. The van der Waals surface area contributed by atoms with Crippen LogP contribution >= 0.6 is 27.3 Å². The Morgan fingerprint density at radius 1 is 1.44 bits per heavy atom. The lowest BCUT2D eigenvalue weighted by Gasteiger charge is -2.10. The Bertz CT molecular complexity index is 489. The highest BCUT2D eigenvalue weighted by Gasteiger charge is 2.18. The highest BCUT2D eigenvalue weighted by Crippen LogP contribution is 2.31. The molecule has 0 aliphatic heterocycles. The molecule has 1 N–H and O–H groups in total. The summed E-state index contributed by atoms with van der Waals surface area (Å²) in [5.74, 6) is 0.345. The SMILES string of the molecule is COc1nccnc1C(O)c1csc(Br)c1. The molecule has 4 nitrogen and oxygen atoms in total. The van der Waals surface area contributed by atoms with E-state index in [0.717, 1.165) is 9.35 Å². The predicted octanol–water partition coefficient (Wildman–Crippen LogP) is 2.39. The molecule has 0 radical (unpaired) electrons. The van der Waals surface area contributed by atoms with E-state index in [4.69, 9.17) is 4.74 Å². The molecule has 0 spiro atoms. The van der Waals surface area contributed by atoms with Gasteiger partial charge in [0.15, 0.2) is 0 Å². The number of aromatic nitrogens is 2. The molecule has 84 valence electrons. The van der Waals surface area contributed by atoms with Crippen molar-refractivity contribution in [2.45, 2.75) is 6.10 Å². The summed E-state index contributed by atoms with van der Waals surface area (Å²) in [7, 11) is 1.50. The normalized spacial score (nSPS) is 12.4. The smallest absolute Gasteiger partial charge is 0.238 e. The van der Waals surface area contributed by atoms with Crippen LogP contribution < -0.4 is 4.74 Å². The average molecular weight is 301 g/mol. The molecular weight excluding hydrogens is 292 g/mol. The van der Waals surface area contributed by atoms with Gasteiger partial charge in [0, 0.05) is 12.4 Å². The van der Waals surface area contributed by atoms with Crippen molar-refractivity contribution >= 4 is 27.3 Å². The first-order valence-electron chi connectivity index (χ1n) is 4.49. The van der Waals surface area contributed by atoms with Gasteiger partial charge in [0.1, 0.15) is 11.8 Å². The van der Waals surface area contributed by atoms with E-state index in [1.165, 1.54) is 30.8 Å². The fourth-order valence-electron chi connectivity index (χ4n) is 1.31. The Morgan fingerprint density at radius 3 is 2.81 bits per heavy atom. The summed E-state index contributed by atoms with van der Waals surface area (Å²) in [6.45, 7) is 0. The third-order valence-corrected chi connectivity index (χ3v) is 3.57. The molecule has 0 aliphatic rings. The topological polar surface area (TPSA) is 55.2 Å². The van der Waals surface area contributed by atoms with Gasteiger partial charge < -0.3 is 9.84 Å². The highest BCUT2D eigenvalue weighted by atomic mass is 79.9. The Labute approximate surface area is 105 Å². The van der Waals surface area contributed by atoms with E-state index in [9.17, 15) is 5.11 Å². The number of methoxy groups -OCH3 is 1. The van der Waals surface area contributed by atoms with Crippen LogP contribution in [0.3, 0.4) is 0 Å². The van der Waals surface area contributed by atoms with Crippen molar-refractivity contribution in [1.29, 1.82) is 0 Å². The molecule has 0 fully saturated rings. The lowest BCUT2D eigenvalue weighted by molar-refractivity contribution is 0.208. The third kappa shape index (κ3) is 2.23. The molecular formula is C10H9BrN2O2S. The monoisotopic (exact) mass is 300 g/mol. The molecule has 0 amide bonds. The molecule has 6 heteroatoms. The molecule has 0 saturated carbocycles. The second kappa shape index (κ2) is 4.90. The van der Waals surface area contributed by atoms with Gasteiger partial charge in [-0.25, -0.2) is 4.98 Å². The zero-order valence-corrected chi connectivity index (χ0v) is 10.8. The first kappa shape index (κ1) is 11.5.